The molecule has 0 saturated heterocycles. The fourth-order valence-corrected chi connectivity index (χ4v) is 3.25. The van der Waals surface area contributed by atoms with Crippen molar-refractivity contribution in [1.82, 2.24) is 10.6 Å². The number of aliphatic hydroxyl groups is 1. The molecule has 34 heavy (non-hydrogen) atoms. The highest BCUT2D eigenvalue weighted by Crippen LogP contribution is 2.19. The lowest BCUT2D eigenvalue weighted by atomic mass is 9.89. The predicted molar refractivity (Wildman–Crippen MR) is 129 cm³/mol. The summed E-state index contributed by atoms with van der Waals surface area (Å²) in [7, 11) is 0. The molecule has 0 spiro atoms. The number of hydrogen-bond donors (Lipinski definition) is 5. The van der Waals surface area contributed by atoms with Crippen LogP contribution in [0.3, 0.4) is 0 Å². The van der Waals surface area contributed by atoms with Crippen LogP contribution in [0, 0.1) is 11.8 Å². The molecule has 10 heteroatoms. The van der Waals surface area contributed by atoms with Crippen LogP contribution in [0.15, 0.2) is 24.3 Å². The Morgan fingerprint density at radius 2 is 1.71 bits per heavy atom. The molecule has 2 atom stereocenters. The minimum atomic E-state index is -0.822. The van der Waals surface area contributed by atoms with Gasteiger partial charge in [0.15, 0.2) is 5.78 Å². The predicted octanol–water partition coefficient (Wildman–Crippen LogP) is 2.69. The number of alkyl carbamates (subject to hydrolysis) is 1. The Bertz CT molecular complexity index is 833. The fourth-order valence-electron chi connectivity index (χ4n) is 3.25. The molecule has 2 unspecified atom stereocenters. The number of nitrogens with two attached hydrogens (primary N) is 1. The first-order valence-electron chi connectivity index (χ1n) is 11.4. The summed E-state index contributed by atoms with van der Waals surface area (Å²) in [6.45, 7) is 8.94. The second-order valence-corrected chi connectivity index (χ2v) is 9.51. The number of primary amides is 1. The topological polar surface area (TPSA) is 160 Å². The van der Waals surface area contributed by atoms with Gasteiger partial charge in [-0.2, -0.15) is 0 Å². The van der Waals surface area contributed by atoms with Crippen LogP contribution in [0.5, 0.6) is 0 Å². The zero-order valence-electron chi connectivity index (χ0n) is 20.6. The lowest BCUT2D eigenvalue weighted by Gasteiger charge is -2.26. The molecule has 0 aliphatic carbocycles. The maximum Gasteiger partial charge on any atom is 0.408 e. The van der Waals surface area contributed by atoms with Gasteiger partial charge in [-0.1, -0.05) is 26.0 Å². The van der Waals surface area contributed by atoms with E-state index in [-0.39, 0.29) is 37.2 Å². The van der Waals surface area contributed by atoms with Crippen LogP contribution in [0.25, 0.3) is 0 Å². The Morgan fingerprint density at radius 3 is 2.21 bits per heavy atom. The first-order valence-corrected chi connectivity index (χ1v) is 11.4. The van der Waals surface area contributed by atoms with E-state index in [2.05, 4.69) is 16.0 Å². The summed E-state index contributed by atoms with van der Waals surface area (Å²) in [5.41, 5.74) is 5.61. The maximum atomic E-state index is 13.1. The van der Waals surface area contributed by atoms with Crippen LogP contribution in [0.2, 0.25) is 0 Å². The molecule has 0 heterocycles. The minimum Gasteiger partial charge on any atom is -0.444 e. The number of rotatable bonds is 12. The quantitative estimate of drug-likeness (QED) is 0.290. The lowest BCUT2D eigenvalue weighted by molar-refractivity contribution is -0.128. The first-order chi connectivity index (χ1) is 15.8. The molecule has 0 aliphatic heterocycles. The van der Waals surface area contributed by atoms with Gasteiger partial charge >= 0.3 is 12.1 Å². The molecule has 0 fully saturated rings. The van der Waals surface area contributed by atoms with Gasteiger partial charge in [-0.05, 0) is 57.2 Å². The van der Waals surface area contributed by atoms with E-state index in [4.69, 9.17) is 10.5 Å². The number of ether oxygens (including phenoxy) is 1. The van der Waals surface area contributed by atoms with Gasteiger partial charge in [-0.25, -0.2) is 9.59 Å². The molecule has 1 aromatic rings. The van der Waals surface area contributed by atoms with Crippen molar-refractivity contribution in [3.05, 3.63) is 29.8 Å². The molecule has 0 bridgehead atoms. The number of anilines is 1. The van der Waals surface area contributed by atoms with Crippen molar-refractivity contribution in [1.29, 1.82) is 0 Å². The van der Waals surface area contributed by atoms with Gasteiger partial charge < -0.3 is 31.5 Å². The second kappa shape index (κ2) is 13.5. The molecule has 1 rings (SSSR count). The number of amides is 4. The van der Waals surface area contributed by atoms with Crippen LogP contribution in [-0.2, 0) is 20.9 Å². The van der Waals surface area contributed by atoms with E-state index in [1.54, 1.807) is 58.9 Å². The minimum absolute atomic E-state index is 0.101. The Hall–Kier alpha value is -3.14. The number of ketones is 1. The summed E-state index contributed by atoms with van der Waals surface area (Å²) in [5, 5.41) is 17.1. The monoisotopic (exact) mass is 478 g/mol. The van der Waals surface area contributed by atoms with Crippen molar-refractivity contribution in [2.75, 3.05) is 11.9 Å². The van der Waals surface area contributed by atoms with Crippen molar-refractivity contribution in [2.24, 2.45) is 17.6 Å². The van der Waals surface area contributed by atoms with Crippen molar-refractivity contribution in [3.63, 3.8) is 0 Å². The average Bonchev–Trinajstić information content (AvgIpc) is 2.72. The average molecular weight is 479 g/mol. The molecule has 6 N–H and O–H groups in total. The van der Waals surface area contributed by atoms with Crippen molar-refractivity contribution < 1.29 is 29.0 Å². The van der Waals surface area contributed by atoms with Crippen LogP contribution >= 0.6 is 0 Å². The normalized spacial score (nSPS) is 13.0. The standard InChI is InChI=1S/C24H38N4O6/c1-15(2)20(28-23(33)34-24(3,4)5)19(30)13-17(7-6-12-26-22(25)32)21(31)27-18-10-8-16(14-29)9-11-18/h8-11,15,17,20,29H,6-7,12-14H2,1-5H3,(H,27,31)(H,28,33)(H3,25,26,32). The van der Waals surface area contributed by atoms with E-state index in [0.29, 0.717) is 24.1 Å². The molecule has 0 aliphatic rings. The van der Waals surface area contributed by atoms with Crippen LogP contribution < -0.4 is 21.7 Å². The summed E-state index contributed by atoms with van der Waals surface area (Å²) in [5.74, 6) is -1.56. The van der Waals surface area contributed by atoms with E-state index >= 15 is 0 Å². The van der Waals surface area contributed by atoms with Gasteiger partial charge in [0.05, 0.1) is 12.6 Å². The second-order valence-electron chi connectivity index (χ2n) is 9.51. The summed E-state index contributed by atoms with van der Waals surface area (Å²) in [4.78, 5) is 49.3. The van der Waals surface area contributed by atoms with E-state index in [1.807, 2.05) is 0 Å². The summed E-state index contributed by atoms with van der Waals surface area (Å²) in [6.07, 6.45) is -0.0430. The molecule has 1 aromatic carbocycles. The number of carbonyl (C=O) groups is 4. The number of hydrogen-bond acceptors (Lipinski definition) is 6. The lowest BCUT2D eigenvalue weighted by Crippen LogP contribution is -2.47. The Balaban J connectivity index is 2.92. The molecular weight excluding hydrogens is 440 g/mol. The van der Waals surface area contributed by atoms with Crippen LogP contribution in [0.1, 0.15) is 59.4 Å². The molecular formula is C24H38N4O6. The zero-order valence-corrected chi connectivity index (χ0v) is 20.6. The molecule has 190 valence electrons. The maximum absolute atomic E-state index is 13.1. The van der Waals surface area contributed by atoms with Gasteiger partial charge in [-0.3, -0.25) is 9.59 Å². The van der Waals surface area contributed by atoms with Crippen molar-refractivity contribution in [2.45, 2.75) is 72.1 Å². The molecule has 0 aromatic heterocycles. The highest BCUT2D eigenvalue weighted by Gasteiger charge is 2.30. The Morgan fingerprint density at radius 1 is 1.09 bits per heavy atom. The fraction of sp³-hybridized carbons (Fsp3) is 0.583. The number of nitrogens with one attached hydrogen (secondary N) is 3. The van der Waals surface area contributed by atoms with Crippen molar-refractivity contribution >= 4 is 29.5 Å². The Labute approximate surface area is 201 Å². The number of benzene rings is 1. The summed E-state index contributed by atoms with van der Waals surface area (Å²) >= 11 is 0. The summed E-state index contributed by atoms with van der Waals surface area (Å²) < 4.78 is 5.27. The largest absolute Gasteiger partial charge is 0.444 e. The highest BCUT2D eigenvalue weighted by atomic mass is 16.6. The van der Waals surface area contributed by atoms with Gasteiger partial charge in [0.2, 0.25) is 5.91 Å². The first kappa shape index (κ1) is 28.9. The molecule has 0 saturated carbocycles. The number of urea groups is 1. The number of carbonyl (C=O) groups excluding carboxylic acids is 4. The van der Waals surface area contributed by atoms with Gasteiger partial charge in [0.1, 0.15) is 5.60 Å². The third kappa shape index (κ3) is 11.1. The van der Waals surface area contributed by atoms with E-state index in [0.717, 1.165) is 0 Å². The van der Waals surface area contributed by atoms with E-state index in [9.17, 15) is 24.3 Å². The summed E-state index contributed by atoms with van der Waals surface area (Å²) in [6, 6.07) is 5.22. The van der Waals surface area contributed by atoms with Gasteiger partial charge in [0, 0.05) is 24.6 Å². The van der Waals surface area contributed by atoms with Gasteiger partial charge in [-0.15, -0.1) is 0 Å². The molecule has 10 nitrogen and oxygen atoms in total. The Kier molecular flexibility index (Phi) is 11.5. The number of Topliss-reactive ketones (excluding diaryl/α,β-unsaturated/α-hetero) is 1. The number of aliphatic hydroxyl groups excluding tert-OH is 1. The van der Waals surface area contributed by atoms with Gasteiger partial charge in [0.25, 0.3) is 0 Å². The van der Waals surface area contributed by atoms with E-state index < -0.39 is 29.7 Å². The van der Waals surface area contributed by atoms with Crippen LogP contribution in [0.4, 0.5) is 15.3 Å². The molecule has 4 amide bonds. The molecule has 0 radical (unpaired) electrons. The smallest absolute Gasteiger partial charge is 0.408 e. The van der Waals surface area contributed by atoms with Crippen LogP contribution in [-0.4, -0.2) is 47.1 Å². The zero-order chi connectivity index (χ0) is 25.9. The van der Waals surface area contributed by atoms with Crippen molar-refractivity contribution in [3.8, 4) is 0 Å². The van der Waals surface area contributed by atoms with E-state index in [1.165, 1.54) is 0 Å². The third-order valence-corrected chi connectivity index (χ3v) is 4.94. The SMILES string of the molecule is CC(C)C(NC(=O)OC(C)(C)C)C(=O)CC(CCCNC(N)=O)C(=O)Nc1ccc(CO)cc1. The third-order valence-electron chi connectivity index (χ3n) is 4.94. The highest BCUT2D eigenvalue weighted by molar-refractivity contribution is 5.97.